The highest BCUT2D eigenvalue weighted by atomic mass is 79.9. The van der Waals surface area contributed by atoms with Gasteiger partial charge in [0.2, 0.25) is 0 Å². The van der Waals surface area contributed by atoms with Crippen molar-refractivity contribution in [2.75, 3.05) is 25.2 Å². The molecule has 10 heteroatoms. The molecule has 2 aromatic carbocycles. The molecule has 1 fully saturated rings. The van der Waals surface area contributed by atoms with Crippen LogP contribution in [0.3, 0.4) is 0 Å². The fourth-order valence-electron chi connectivity index (χ4n) is 3.02. The zero-order chi connectivity index (χ0) is 24.1. The lowest BCUT2D eigenvalue weighted by molar-refractivity contribution is -0.143. The maximum Gasteiger partial charge on any atom is 0.343 e. The van der Waals surface area contributed by atoms with Crippen LogP contribution in [0.15, 0.2) is 46.4 Å². The lowest BCUT2D eigenvalue weighted by atomic mass is 10.1. The van der Waals surface area contributed by atoms with Gasteiger partial charge in [-0.1, -0.05) is 17.7 Å². The van der Waals surface area contributed by atoms with Crippen LogP contribution in [-0.2, 0) is 19.1 Å². The van der Waals surface area contributed by atoms with Crippen LogP contribution in [-0.4, -0.2) is 44.1 Å². The lowest BCUT2D eigenvalue weighted by Gasteiger charge is -2.26. The van der Waals surface area contributed by atoms with E-state index < -0.39 is 23.8 Å². The highest BCUT2D eigenvalue weighted by Crippen LogP contribution is 2.38. The smallest absolute Gasteiger partial charge is 0.343 e. The summed E-state index contributed by atoms with van der Waals surface area (Å²) in [5, 5.41) is 2.19. The van der Waals surface area contributed by atoms with Gasteiger partial charge in [-0.15, -0.1) is 0 Å². The Morgan fingerprint density at radius 1 is 1.12 bits per heavy atom. The first-order chi connectivity index (χ1) is 15.7. The predicted molar refractivity (Wildman–Crippen MR) is 123 cm³/mol. The molecule has 0 spiro atoms. The molecule has 172 valence electrons. The summed E-state index contributed by atoms with van der Waals surface area (Å²) in [7, 11) is 1.25. The van der Waals surface area contributed by atoms with Gasteiger partial charge < -0.3 is 14.2 Å². The van der Waals surface area contributed by atoms with Gasteiger partial charge in [0.1, 0.15) is 5.57 Å². The number of esters is 1. The number of aryl methyl sites for hydroxylation is 1. The molecule has 0 bridgehead atoms. The number of urea groups is 1. The van der Waals surface area contributed by atoms with Crippen LogP contribution < -0.4 is 19.7 Å². The van der Waals surface area contributed by atoms with Crippen molar-refractivity contribution in [3.05, 3.63) is 57.6 Å². The summed E-state index contributed by atoms with van der Waals surface area (Å²) >= 11 is 3.36. The summed E-state index contributed by atoms with van der Waals surface area (Å²) in [6.07, 6.45) is 1.35. The molecule has 3 rings (SSSR count). The van der Waals surface area contributed by atoms with Gasteiger partial charge in [0.15, 0.2) is 18.1 Å². The van der Waals surface area contributed by atoms with Crippen molar-refractivity contribution in [1.29, 1.82) is 0 Å². The second-order valence-corrected chi connectivity index (χ2v) is 7.78. The lowest BCUT2D eigenvalue weighted by Crippen LogP contribution is -2.54. The van der Waals surface area contributed by atoms with E-state index in [0.717, 1.165) is 10.5 Å². The molecular formula is C23H21BrN2O7. The van der Waals surface area contributed by atoms with Gasteiger partial charge in [0, 0.05) is 0 Å². The molecule has 1 N–H and O–H groups in total. The van der Waals surface area contributed by atoms with Gasteiger partial charge in [-0.2, -0.15) is 0 Å². The largest absolute Gasteiger partial charge is 0.490 e. The molecule has 0 aliphatic carbocycles. The van der Waals surface area contributed by atoms with E-state index in [-0.39, 0.29) is 23.7 Å². The Morgan fingerprint density at radius 3 is 2.45 bits per heavy atom. The Kier molecular flexibility index (Phi) is 7.49. The van der Waals surface area contributed by atoms with Crippen LogP contribution in [0.4, 0.5) is 10.5 Å². The van der Waals surface area contributed by atoms with Gasteiger partial charge >= 0.3 is 12.0 Å². The quantitative estimate of drug-likeness (QED) is 0.341. The number of imide groups is 2. The molecule has 1 saturated heterocycles. The number of barbiturate groups is 1. The Labute approximate surface area is 198 Å². The summed E-state index contributed by atoms with van der Waals surface area (Å²) in [6, 6.07) is 9.09. The molecule has 1 heterocycles. The Hall–Kier alpha value is -3.66. The monoisotopic (exact) mass is 516 g/mol. The molecule has 1 aliphatic rings. The van der Waals surface area contributed by atoms with Crippen LogP contribution in [0.2, 0.25) is 0 Å². The highest BCUT2D eigenvalue weighted by Gasteiger charge is 2.36. The number of hydrogen-bond donors (Lipinski definition) is 1. The fourth-order valence-corrected chi connectivity index (χ4v) is 3.59. The van der Waals surface area contributed by atoms with E-state index in [0.29, 0.717) is 22.3 Å². The number of benzene rings is 2. The maximum atomic E-state index is 13.1. The molecule has 1 aliphatic heterocycles. The van der Waals surface area contributed by atoms with Crippen molar-refractivity contribution in [3.8, 4) is 11.5 Å². The van der Waals surface area contributed by atoms with Crippen molar-refractivity contribution in [2.24, 2.45) is 0 Å². The van der Waals surface area contributed by atoms with Crippen LogP contribution in [0.5, 0.6) is 11.5 Å². The zero-order valence-electron chi connectivity index (χ0n) is 18.1. The number of methoxy groups -OCH3 is 1. The third-order valence-corrected chi connectivity index (χ3v) is 5.19. The second-order valence-electron chi connectivity index (χ2n) is 6.92. The number of hydrogen-bond acceptors (Lipinski definition) is 7. The number of rotatable bonds is 7. The Balaban J connectivity index is 1.98. The number of nitrogens with one attached hydrogen (secondary N) is 1. The summed E-state index contributed by atoms with van der Waals surface area (Å²) in [5.41, 5.74) is 1.50. The highest BCUT2D eigenvalue weighted by molar-refractivity contribution is 9.10. The van der Waals surface area contributed by atoms with E-state index >= 15 is 0 Å². The summed E-state index contributed by atoms with van der Waals surface area (Å²) < 4.78 is 16.1. The van der Waals surface area contributed by atoms with E-state index in [4.69, 9.17) is 9.47 Å². The first-order valence-electron chi connectivity index (χ1n) is 9.89. The second kappa shape index (κ2) is 10.3. The third-order valence-electron chi connectivity index (χ3n) is 4.60. The SMILES string of the molecule is CCOc1cc(C=C2C(=O)NC(=O)N(c3ccc(C)cc3)C2=O)cc(Br)c1OCC(=O)OC. The van der Waals surface area contributed by atoms with Crippen molar-refractivity contribution in [2.45, 2.75) is 13.8 Å². The third kappa shape index (κ3) is 5.40. The zero-order valence-corrected chi connectivity index (χ0v) is 19.7. The minimum absolute atomic E-state index is 0.229. The van der Waals surface area contributed by atoms with Gasteiger partial charge in [-0.3, -0.25) is 14.9 Å². The molecule has 9 nitrogen and oxygen atoms in total. The van der Waals surface area contributed by atoms with Gasteiger partial charge in [-0.25, -0.2) is 14.5 Å². The van der Waals surface area contributed by atoms with Gasteiger partial charge in [0.25, 0.3) is 11.8 Å². The first kappa shape index (κ1) is 24.0. The topological polar surface area (TPSA) is 111 Å². The molecule has 4 amide bonds. The van der Waals surface area contributed by atoms with E-state index in [9.17, 15) is 19.2 Å². The molecule has 0 saturated carbocycles. The van der Waals surface area contributed by atoms with E-state index in [2.05, 4.69) is 26.0 Å². The predicted octanol–water partition coefficient (Wildman–Crippen LogP) is 3.37. The molecule has 33 heavy (non-hydrogen) atoms. The number of halogens is 1. The van der Waals surface area contributed by atoms with Crippen molar-refractivity contribution >= 4 is 51.5 Å². The standard InChI is InChI=1S/C23H21BrN2O7/c1-4-32-18-11-14(10-17(24)20(18)33-12-19(27)31-3)9-16-21(28)25-23(30)26(22(16)29)15-7-5-13(2)6-8-15/h5-11H,4,12H2,1-3H3,(H,25,28,30). The fraction of sp³-hybridized carbons (Fsp3) is 0.217. The van der Waals surface area contributed by atoms with Crippen LogP contribution in [0, 0.1) is 6.92 Å². The normalized spacial score (nSPS) is 14.8. The van der Waals surface area contributed by atoms with Crippen molar-refractivity contribution in [3.63, 3.8) is 0 Å². The van der Waals surface area contributed by atoms with E-state index in [1.54, 1.807) is 43.3 Å². The van der Waals surface area contributed by atoms with Crippen molar-refractivity contribution < 1.29 is 33.4 Å². The number of carbonyl (C=O) groups excluding carboxylic acids is 4. The van der Waals surface area contributed by atoms with Gasteiger partial charge in [0.05, 0.1) is 23.9 Å². The summed E-state index contributed by atoms with van der Waals surface area (Å²) in [4.78, 5) is 50.2. The summed E-state index contributed by atoms with van der Waals surface area (Å²) in [5.74, 6) is -1.58. The molecule has 0 unspecified atom stereocenters. The average molecular weight is 517 g/mol. The molecular weight excluding hydrogens is 496 g/mol. The van der Waals surface area contributed by atoms with Crippen LogP contribution in [0.25, 0.3) is 6.08 Å². The van der Waals surface area contributed by atoms with Crippen LogP contribution in [0.1, 0.15) is 18.1 Å². The number of carbonyl (C=O) groups is 4. The van der Waals surface area contributed by atoms with E-state index in [1.165, 1.54) is 13.2 Å². The number of nitrogens with zero attached hydrogens (tertiary/aromatic N) is 1. The Bertz CT molecular complexity index is 1140. The number of amides is 4. The maximum absolute atomic E-state index is 13.1. The number of anilines is 1. The van der Waals surface area contributed by atoms with Crippen molar-refractivity contribution in [1.82, 2.24) is 5.32 Å². The first-order valence-corrected chi connectivity index (χ1v) is 10.7. The van der Waals surface area contributed by atoms with E-state index in [1.807, 2.05) is 6.92 Å². The summed E-state index contributed by atoms with van der Waals surface area (Å²) in [6.45, 7) is 3.62. The van der Waals surface area contributed by atoms with Crippen LogP contribution >= 0.6 is 15.9 Å². The molecule has 2 aromatic rings. The number of ether oxygens (including phenoxy) is 3. The van der Waals surface area contributed by atoms with Gasteiger partial charge in [-0.05, 0) is 65.7 Å². The minimum atomic E-state index is -0.825. The minimum Gasteiger partial charge on any atom is -0.490 e. The average Bonchev–Trinajstić information content (AvgIpc) is 2.77. The molecule has 0 radical (unpaired) electrons. The Morgan fingerprint density at radius 2 is 1.82 bits per heavy atom. The molecule has 0 aromatic heterocycles. The molecule has 0 atom stereocenters.